The zero-order valence-electron chi connectivity index (χ0n) is 26.6. The molecule has 11 heteroatoms. The molecule has 0 saturated heterocycles. The van der Waals surface area contributed by atoms with Crippen molar-refractivity contribution in [1.29, 1.82) is 0 Å². The summed E-state index contributed by atoms with van der Waals surface area (Å²) >= 11 is 6.27. The normalized spacial score (nSPS) is 12.3. The summed E-state index contributed by atoms with van der Waals surface area (Å²) in [5, 5.41) is 8.46. The van der Waals surface area contributed by atoms with Crippen molar-refractivity contribution in [2.24, 2.45) is 0 Å². The van der Waals surface area contributed by atoms with Gasteiger partial charge in [-0.1, -0.05) is 103 Å². The molecule has 5 aromatic carbocycles. The zero-order chi connectivity index (χ0) is 35.5. The number of nitrogens with one attached hydrogen (secondary N) is 3. The molecule has 0 heterocycles. The van der Waals surface area contributed by atoms with Gasteiger partial charge in [-0.2, -0.15) is 13.2 Å². The molecule has 3 amide bonds. The Morgan fingerprint density at radius 1 is 0.640 bits per heavy atom. The van der Waals surface area contributed by atoms with Crippen LogP contribution < -0.4 is 20.7 Å². The summed E-state index contributed by atoms with van der Waals surface area (Å²) in [5.41, 5.74) is 1.72. The number of benzene rings is 5. The maximum atomic E-state index is 14.0. The first-order valence-corrected chi connectivity index (χ1v) is 16.1. The Kier molecular flexibility index (Phi) is 11.9. The Balaban J connectivity index is 1.38. The molecule has 0 bridgehead atoms. The largest absolute Gasteiger partial charge is 0.488 e. The van der Waals surface area contributed by atoms with Crippen molar-refractivity contribution in [3.05, 3.63) is 166 Å². The SMILES string of the molecule is O=C(N[C@@H](Cc1ccccc1)C(=O)N[C@@H](Cc1ccccc1)C(=O)Nc1ccc(C(F)(F)F)cc1)c1cc(Cl)ccc1OCc1ccccc1. The molecule has 7 nitrogen and oxygen atoms in total. The average Bonchev–Trinajstić information content (AvgIpc) is 3.11. The Morgan fingerprint density at radius 2 is 1.16 bits per heavy atom. The number of carbonyl (C=O) groups excluding carboxylic acids is 3. The predicted octanol–water partition coefficient (Wildman–Crippen LogP) is 7.65. The van der Waals surface area contributed by atoms with Gasteiger partial charge in [0, 0.05) is 23.6 Å². The molecule has 0 aliphatic carbocycles. The zero-order valence-corrected chi connectivity index (χ0v) is 27.4. The van der Waals surface area contributed by atoms with Crippen LogP contribution in [0.4, 0.5) is 18.9 Å². The van der Waals surface area contributed by atoms with Crippen LogP contribution in [0.1, 0.15) is 32.6 Å². The van der Waals surface area contributed by atoms with E-state index in [1.165, 1.54) is 6.07 Å². The number of hydrogen-bond acceptors (Lipinski definition) is 4. The molecule has 3 N–H and O–H groups in total. The molecule has 5 aromatic rings. The summed E-state index contributed by atoms with van der Waals surface area (Å²) in [6, 6.07) is 33.7. The van der Waals surface area contributed by atoms with E-state index >= 15 is 0 Å². The summed E-state index contributed by atoms with van der Waals surface area (Å²) in [4.78, 5) is 41.4. The van der Waals surface area contributed by atoms with Crippen molar-refractivity contribution >= 4 is 35.0 Å². The molecular formula is C39H33ClF3N3O4. The molecule has 0 aromatic heterocycles. The predicted molar refractivity (Wildman–Crippen MR) is 186 cm³/mol. The summed E-state index contributed by atoms with van der Waals surface area (Å²) in [6.07, 6.45) is -4.39. The first-order chi connectivity index (χ1) is 24.0. The molecule has 5 rings (SSSR count). The molecule has 50 heavy (non-hydrogen) atoms. The fourth-order valence-corrected chi connectivity index (χ4v) is 5.31. The minimum Gasteiger partial charge on any atom is -0.488 e. The lowest BCUT2D eigenvalue weighted by Crippen LogP contribution is -2.54. The van der Waals surface area contributed by atoms with Crippen LogP contribution in [0.3, 0.4) is 0 Å². The van der Waals surface area contributed by atoms with Gasteiger partial charge < -0.3 is 20.7 Å². The second-order valence-corrected chi connectivity index (χ2v) is 11.9. The van der Waals surface area contributed by atoms with Gasteiger partial charge in [-0.15, -0.1) is 0 Å². The van der Waals surface area contributed by atoms with E-state index in [0.717, 1.165) is 41.0 Å². The van der Waals surface area contributed by atoms with Crippen LogP contribution in [-0.4, -0.2) is 29.8 Å². The summed E-state index contributed by atoms with van der Waals surface area (Å²) in [5.74, 6) is -1.68. The number of carbonyl (C=O) groups is 3. The molecule has 0 aliphatic heterocycles. The topological polar surface area (TPSA) is 96.5 Å². The van der Waals surface area contributed by atoms with Crippen LogP contribution >= 0.6 is 11.6 Å². The van der Waals surface area contributed by atoms with Gasteiger partial charge in [-0.25, -0.2) is 0 Å². The van der Waals surface area contributed by atoms with Gasteiger partial charge in [0.15, 0.2) is 0 Å². The van der Waals surface area contributed by atoms with Crippen LogP contribution in [-0.2, 0) is 35.2 Å². The van der Waals surface area contributed by atoms with Gasteiger partial charge in [0.2, 0.25) is 11.8 Å². The Bertz CT molecular complexity index is 1890. The third-order valence-electron chi connectivity index (χ3n) is 7.72. The second-order valence-electron chi connectivity index (χ2n) is 11.4. The van der Waals surface area contributed by atoms with E-state index < -0.39 is 41.5 Å². The Hall–Kier alpha value is -5.61. The molecule has 0 unspecified atom stereocenters. The lowest BCUT2D eigenvalue weighted by molar-refractivity contribution is -0.137. The third kappa shape index (κ3) is 10.2. The number of rotatable bonds is 13. The van der Waals surface area contributed by atoms with Crippen LogP contribution in [0.15, 0.2) is 133 Å². The van der Waals surface area contributed by atoms with Crippen molar-refractivity contribution in [3.63, 3.8) is 0 Å². The third-order valence-corrected chi connectivity index (χ3v) is 7.96. The second kappa shape index (κ2) is 16.7. The van der Waals surface area contributed by atoms with E-state index in [1.54, 1.807) is 66.7 Å². The van der Waals surface area contributed by atoms with Gasteiger partial charge in [0.25, 0.3) is 5.91 Å². The van der Waals surface area contributed by atoms with E-state index in [0.29, 0.717) is 0 Å². The lowest BCUT2D eigenvalue weighted by Gasteiger charge is -2.24. The van der Waals surface area contributed by atoms with Crippen molar-refractivity contribution in [1.82, 2.24) is 10.6 Å². The molecule has 0 spiro atoms. The van der Waals surface area contributed by atoms with Gasteiger partial charge in [-0.05, 0) is 59.2 Å². The van der Waals surface area contributed by atoms with Crippen molar-refractivity contribution in [3.8, 4) is 5.75 Å². The average molecular weight is 700 g/mol. The summed E-state index contributed by atoms with van der Waals surface area (Å²) in [7, 11) is 0. The first-order valence-electron chi connectivity index (χ1n) is 15.7. The highest BCUT2D eigenvalue weighted by Crippen LogP contribution is 2.30. The minimum atomic E-state index is -4.54. The highest BCUT2D eigenvalue weighted by atomic mass is 35.5. The fourth-order valence-electron chi connectivity index (χ4n) is 5.14. The van der Waals surface area contributed by atoms with E-state index in [9.17, 15) is 27.6 Å². The number of ether oxygens (including phenoxy) is 1. The Labute approximate surface area is 292 Å². The quantitative estimate of drug-likeness (QED) is 0.118. The summed E-state index contributed by atoms with van der Waals surface area (Å²) < 4.78 is 45.3. The van der Waals surface area contributed by atoms with Gasteiger partial charge in [0.05, 0.1) is 11.1 Å². The molecule has 0 fully saturated rings. The number of anilines is 1. The minimum absolute atomic E-state index is 0.0663. The van der Waals surface area contributed by atoms with Crippen molar-refractivity contribution in [2.45, 2.75) is 37.7 Å². The highest BCUT2D eigenvalue weighted by molar-refractivity contribution is 6.31. The van der Waals surface area contributed by atoms with Crippen molar-refractivity contribution in [2.75, 3.05) is 5.32 Å². The van der Waals surface area contributed by atoms with Gasteiger partial charge >= 0.3 is 6.18 Å². The number of halogens is 4. The number of hydrogen-bond donors (Lipinski definition) is 3. The van der Waals surface area contributed by atoms with E-state index in [2.05, 4.69) is 16.0 Å². The van der Waals surface area contributed by atoms with Crippen molar-refractivity contribution < 1.29 is 32.3 Å². The van der Waals surface area contributed by atoms with Gasteiger partial charge in [-0.3, -0.25) is 14.4 Å². The lowest BCUT2D eigenvalue weighted by atomic mass is 10.0. The molecule has 0 saturated carbocycles. The van der Waals surface area contributed by atoms with Crippen LogP contribution in [0.25, 0.3) is 0 Å². The summed E-state index contributed by atoms with van der Waals surface area (Å²) in [6.45, 7) is 0.186. The van der Waals surface area contributed by atoms with Crippen LogP contribution in [0.2, 0.25) is 5.02 Å². The number of amides is 3. The highest BCUT2D eigenvalue weighted by Gasteiger charge is 2.31. The number of alkyl halides is 3. The molecule has 2 atom stereocenters. The Morgan fingerprint density at radius 3 is 1.70 bits per heavy atom. The van der Waals surface area contributed by atoms with E-state index in [4.69, 9.17) is 16.3 Å². The maximum absolute atomic E-state index is 14.0. The molecule has 0 radical (unpaired) electrons. The molecular weight excluding hydrogens is 667 g/mol. The molecule has 0 aliphatic rings. The van der Waals surface area contributed by atoms with E-state index in [-0.39, 0.29) is 41.5 Å². The first kappa shape index (κ1) is 35.7. The molecule has 256 valence electrons. The van der Waals surface area contributed by atoms with Crippen LogP contribution in [0, 0.1) is 0 Å². The smallest absolute Gasteiger partial charge is 0.416 e. The monoisotopic (exact) mass is 699 g/mol. The van der Waals surface area contributed by atoms with Crippen LogP contribution in [0.5, 0.6) is 5.75 Å². The van der Waals surface area contributed by atoms with Gasteiger partial charge in [0.1, 0.15) is 24.4 Å². The van der Waals surface area contributed by atoms with E-state index in [1.807, 2.05) is 36.4 Å². The fraction of sp³-hybridized carbons (Fsp3) is 0.154. The standard InChI is InChI=1S/C39H33ClF3N3O4/c40-30-18-21-35(50-25-28-14-8-3-9-15-28)32(24-30)36(47)45-34(23-27-12-6-2-7-13-27)38(49)46-33(22-26-10-4-1-5-11-26)37(48)44-31-19-16-29(17-20-31)39(41,42)43/h1-21,24,33-34H,22-23,25H2,(H,44,48)(H,45,47)(H,46,49)/t33-,34-/m0/s1. The maximum Gasteiger partial charge on any atom is 0.416 e.